The third kappa shape index (κ3) is 4.18. The van der Waals surface area contributed by atoms with Crippen LogP contribution in [0, 0.1) is 0 Å². The number of hydrogen-bond donors (Lipinski definition) is 3. The van der Waals surface area contributed by atoms with E-state index >= 15 is 0 Å². The summed E-state index contributed by atoms with van der Waals surface area (Å²) in [6.45, 7) is 6.63. The minimum absolute atomic E-state index is 0.0253. The van der Waals surface area contributed by atoms with Crippen molar-refractivity contribution < 1.29 is 4.42 Å². The molecule has 0 unspecified atom stereocenters. The van der Waals surface area contributed by atoms with E-state index in [1.54, 1.807) is 0 Å². The number of rotatable bonds is 4. The molecule has 0 aromatic carbocycles. The molecule has 8 nitrogen and oxygen atoms in total. The third-order valence-corrected chi connectivity index (χ3v) is 2.15. The molecule has 0 aliphatic heterocycles. The maximum Gasteiger partial charge on any atom is 0.321 e. The van der Waals surface area contributed by atoms with E-state index in [0.717, 1.165) is 0 Å². The zero-order valence-electron chi connectivity index (χ0n) is 11.0. The molecule has 2 rings (SSSR count). The zero-order chi connectivity index (χ0) is 13.9. The van der Waals surface area contributed by atoms with Gasteiger partial charge in [-0.05, 0) is 26.8 Å². The van der Waals surface area contributed by atoms with Crippen molar-refractivity contribution in [2.75, 3.05) is 5.32 Å². The first-order valence-corrected chi connectivity index (χ1v) is 5.82. The van der Waals surface area contributed by atoms with E-state index < -0.39 is 0 Å². The lowest BCUT2D eigenvalue weighted by Gasteiger charge is -2.18. The maximum absolute atomic E-state index is 10.9. The average molecular weight is 264 g/mol. The van der Waals surface area contributed by atoms with Gasteiger partial charge in [-0.2, -0.15) is 5.10 Å². The molecule has 0 aliphatic rings. The van der Waals surface area contributed by atoms with Crippen molar-refractivity contribution >= 4 is 11.8 Å². The van der Waals surface area contributed by atoms with Gasteiger partial charge in [0, 0.05) is 11.6 Å². The molecule has 0 amide bonds. The van der Waals surface area contributed by atoms with Crippen molar-refractivity contribution in [3.63, 3.8) is 0 Å². The topological polar surface area (TPSA) is 109 Å². The molecule has 19 heavy (non-hydrogen) atoms. The van der Waals surface area contributed by atoms with Gasteiger partial charge in [0.1, 0.15) is 0 Å². The SMILES string of the molecule is CC(C)(C)NCc1nnc(Nc2ccc(=O)[nH]n2)o1. The van der Waals surface area contributed by atoms with Crippen LogP contribution < -0.4 is 16.2 Å². The highest BCUT2D eigenvalue weighted by Gasteiger charge is 2.12. The van der Waals surface area contributed by atoms with Crippen molar-refractivity contribution in [3.8, 4) is 0 Å². The summed E-state index contributed by atoms with van der Waals surface area (Å²) in [5.41, 5.74) is -0.297. The molecule has 102 valence electrons. The Kier molecular flexibility index (Phi) is 3.61. The second-order valence-electron chi connectivity index (χ2n) is 5.04. The monoisotopic (exact) mass is 264 g/mol. The summed E-state index contributed by atoms with van der Waals surface area (Å²) in [5.74, 6) is 0.903. The lowest BCUT2D eigenvalue weighted by Crippen LogP contribution is -2.35. The van der Waals surface area contributed by atoms with Crippen molar-refractivity contribution in [1.82, 2.24) is 25.7 Å². The highest BCUT2D eigenvalue weighted by molar-refractivity contribution is 5.43. The van der Waals surface area contributed by atoms with Crippen molar-refractivity contribution in [3.05, 3.63) is 28.4 Å². The molecule has 0 spiro atoms. The highest BCUT2D eigenvalue weighted by atomic mass is 16.4. The fourth-order valence-corrected chi connectivity index (χ4v) is 1.24. The fraction of sp³-hybridized carbons (Fsp3) is 0.455. The lowest BCUT2D eigenvalue weighted by molar-refractivity contribution is 0.384. The summed E-state index contributed by atoms with van der Waals surface area (Å²) < 4.78 is 5.39. The number of nitrogens with one attached hydrogen (secondary N) is 3. The van der Waals surface area contributed by atoms with E-state index in [1.165, 1.54) is 12.1 Å². The largest absolute Gasteiger partial charge is 0.406 e. The molecule has 2 aromatic rings. The van der Waals surface area contributed by atoms with Gasteiger partial charge in [-0.1, -0.05) is 5.10 Å². The molecule has 0 radical (unpaired) electrons. The van der Waals surface area contributed by atoms with Crippen LogP contribution in [-0.2, 0) is 6.54 Å². The normalized spacial score (nSPS) is 11.5. The van der Waals surface area contributed by atoms with Crippen LogP contribution in [0.25, 0.3) is 0 Å². The van der Waals surface area contributed by atoms with Gasteiger partial charge < -0.3 is 9.73 Å². The minimum atomic E-state index is -0.272. The zero-order valence-corrected chi connectivity index (χ0v) is 11.0. The smallest absolute Gasteiger partial charge is 0.321 e. The first-order valence-electron chi connectivity index (χ1n) is 5.82. The molecule has 0 atom stereocenters. The van der Waals surface area contributed by atoms with Crippen LogP contribution in [0.15, 0.2) is 21.3 Å². The Morgan fingerprint density at radius 3 is 2.74 bits per heavy atom. The Hall–Kier alpha value is -2.22. The minimum Gasteiger partial charge on any atom is -0.406 e. The third-order valence-electron chi connectivity index (χ3n) is 2.15. The number of aromatic amines is 1. The Morgan fingerprint density at radius 1 is 1.32 bits per heavy atom. The molecular weight excluding hydrogens is 248 g/mol. The molecule has 2 heterocycles. The number of anilines is 2. The lowest BCUT2D eigenvalue weighted by atomic mass is 10.1. The average Bonchev–Trinajstić information content (AvgIpc) is 2.77. The van der Waals surface area contributed by atoms with Gasteiger partial charge in [0.2, 0.25) is 5.89 Å². The van der Waals surface area contributed by atoms with Crippen LogP contribution in [0.2, 0.25) is 0 Å². The van der Waals surface area contributed by atoms with E-state index in [2.05, 4.69) is 31.0 Å². The quantitative estimate of drug-likeness (QED) is 0.748. The van der Waals surface area contributed by atoms with E-state index in [0.29, 0.717) is 18.3 Å². The standard InChI is InChI=1S/C11H16N6O2/c1-11(2,3)12-6-9-16-17-10(19-9)13-7-4-5-8(18)15-14-7/h4-5,12H,6H2,1-3H3,(H,15,18)(H,13,14,17). The van der Waals surface area contributed by atoms with E-state index in [1.807, 2.05) is 20.8 Å². The van der Waals surface area contributed by atoms with E-state index in [9.17, 15) is 4.79 Å². The van der Waals surface area contributed by atoms with Crippen molar-refractivity contribution in [2.24, 2.45) is 0 Å². The number of H-pyrrole nitrogens is 1. The van der Waals surface area contributed by atoms with Gasteiger partial charge in [0.25, 0.3) is 5.56 Å². The molecule has 0 saturated heterocycles. The molecule has 0 aliphatic carbocycles. The first kappa shape index (κ1) is 13.2. The predicted molar refractivity (Wildman–Crippen MR) is 69.0 cm³/mol. The molecule has 3 N–H and O–H groups in total. The number of aromatic nitrogens is 4. The van der Waals surface area contributed by atoms with Gasteiger partial charge >= 0.3 is 6.01 Å². The summed E-state index contributed by atoms with van der Waals surface area (Å²) in [6.07, 6.45) is 0. The summed E-state index contributed by atoms with van der Waals surface area (Å²) in [6, 6.07) is 3.11. The van der Waals surface area contributed by atoms with Gasteiger partial charge in [0.05, 0.1) is 6.54 Å². The Morgan fingerprint density at radius 2 is 2.11 bits per heavy atom. The first-order chi connectivity index (χ1) is 8.92. The van der Waals surface area contributed by atoms with E-state index in [-0.39, 0.29) is 17.1 Å². The Labute approximate surface area is 109 Å². The second-order valence-corrected chi connectivity index (χ2v) is 5.04. The summed E-state index contributed by atoms with van der Waals surface area (Å²) in [7, 11) is 0. The molecular formula is C11H16N6O2. The van der Waals surface area contributed by atoms with Gasteiger partial charge in [-0.3, -0.25) is 10.1 Å². The van der Waals surface area contributed by atoms with Gasteiger partial charge in [-0.15, -0.1) is 5.10 Å². The molecule has 2 aromatic heterocycles. The molecule has 0 saturated carbocycles. The summed E-state index contributed by atoms with van der Waals surface area (Å²) in [4.78, 5) is 10.9. The highest BCUT2D eigenvalue weighted by Crippen LogP contribution is 2.11. The van der Waals surface area contributed by atoms with Crippen LogP contribution in [0.4, 0.5) is 11.8 Å². The summed E-state index contributed by atoms with van der Waals surface area (Å²) >= 11 is 0. The van der Waals surface area contributed by atoms with Crippen molar-refractivity contribution in [1.29, 1.82) is 0 Å². The molecule has 0 bridgehead atoms. The number of hydrogen-bond acceptors (Lipinski definition) is 7. The van der Waals surface area contributed by atoms with Crippen molar-refractivity contribution in [2.45, 2.75) is 32.9 Å². The Bertz CT molecular complexity index is 577. The van der Waals surface area contributed by atoms with Crippen LogP contribution in [0.5, 0.6) is 0 Å². The van der Waals surface area contributed by atoms with Crippen LogP contribution in [0.1, 0.15) is 26.7 Å². The van der Waals surface area contributed by atoms with Crippen LogP contribution in [0.3, 0.4) is 0 Å². The van der Waals surface area contributed by atoms with E-state index in [4.69, 9.17) is 4.42 Å². The van der Waals surface area contributed by atoms with Gasteiger partial charge in [-0.25, -0.2) is 5.10 Å². The maximum atomic E-state index is 10.9. The Balaban J connectivity index is 1.97. The molecule has 0 fully saturated rings. The predicted octanol–water partition coefficient (Wildman–Crippen LogP) is 0.785. The van der Waals surface area contributed by atoms with Crippen LogP contribution in [-0.4, -0.2) is 25.9 Å². The summed E-state index contributed by atoms with van der Waals surface area (Å²) in [5, 5.41) is 19.8. The number of nitrogens with zero attached hydrogens (tertiary/aromatic N) is 3. The molecule has 8 heteroatoms. The van der Waals surface area contributed by atoms with Crippen LogP contribution >= 0.6 is 0 Å². The second kappa shape index (κ2) is 5.19. The fourth-order valence-electron chi connectivity index (χ4n) is 1.24. The van der Waals surface area contributed by atoms with Gasteiger partial charge in [0.15, 0.2) is 5.82 Å².